The van der Waals surface area contributed by atoms with E-state index in [4.69, 9.17) is 16.3 Å². The van der Waals surface area contributed by atoms with Crippen molar-refractivity contribution in [3.8, 4) is 11.8 Å². The van der Waals surface area contributed by atoms with Gasteiger partial charge in [-0.25, -0.2) is 4.79 Å². The third-order valence-electron chi connectivity index (χ3n) is 1.58. The maximum Gasteiger partial charge on any atom is 0.412 e. The zero-order valence-corrected chi connectivity index (χ0v) is 10.6. The summed E-state index contributed by atoms with van der Waals surface area (Å²) in [6.07, 6.45) is -0.546. The number of hydrogen-bond acceptors (Lipinski definition) is 2. The molecule has 0 bridgehead atoms. The number of ether oxygens (including phenoxy) is 1. The lowest BCUT2D eigenvalue weighted by Crippen LogP contribution is -2.14. The molecule has 0 aromatic heterocycles. The summed E-state index contributed by atoms with van der Waals surface area (Å²) in [4.78, 5) is 11.3. The average molecular weight is 303 g/mol. The van der Waals surface area contributed by atoms with Crippen molar-refractivity contribution in [2.45, 2.75) is 0 Å². The lowest BCUT2D eigenvalue weighted by Gasteiger charge is -2.05. The van der Waals surface area contributed by atoms with Crippen molar-refractivity contribution in [3.05, 3.63) is 28.7 Å². The lowest BCUT2D eigenvalue weighted by molar-refractivity contribution is 0.176. The highest BCUT2D eigenvalue weighted by molar-refractivity contribution is 9.10. The molecule has 0 fully saturated rings. The highest BCUT2D eigenvalue weighted by Crippen LogP contribution is 2.21. The normalized spacial score (nSPS) is 8.88. The quantitative estimate of drug-likeness (QED) is 0.673. The zero-order chi connectivity index (χ0) is 11.8. The minimum absolute atomic E-state index is 0.0308. The predicted molar refractivity (Wildman–Crippen MR) is 67.6 cm³/mol. The molecule has 0 saturated heterocycles. The van der Waals surface area contributed by atoms with Gasteiger partial charge in [-0.15, -0.1) is 11.6 Å². The molecule has 0 aliphatic carbocycles. The Morgan fingerprint density at radius 2 is 2.19 bits per heavy atom. The molecule has 0 radical (unpaired) electrons. The number of anilines is 1. The molecule has 0 aliphatic rings. The standard InChI is InChI=1S/C11H9BrClNO2/c12-9-5-1-2-6-10(9)14-11(15)16-8-4-3-7-13/h1-2,5-6H,7-8H2,(H,14,15). The third kappa shape index (κ3) is 4.56. The average Bonchev–Trinajstić information content (AvgIpc) is 2.28. The maximum atomic E-state index is 11.3. The number of hydrogen-bond donors (Lipinski definition) is 1. The van der Waals surface area contributed by atoms with E-state index in [9.17, 15) is 4.79 Å². The molecule has 0 unspecified atom stereocenters. The maximum absolute atomic E-state index is 11.3. The van der Waals surface area contributed by atoms with Gasteiger partial charge in [-0.3, -0.25) is 5.32 Å². The predicted octanol–water partition coefficient (Wildman–Crippen LogP) is 3.24. The van der Waals surface area contributed by atoms with Crippen LogP contribution in [-0.4, -0.2) is 18.6 Å². The third-order valence-corrected chi connectivity index (χ3v) is 2.40. The Bertz CT molecular complexity index is 425. The van der Waals surface area contributed by atoms with Crippen molar-refractivity contribution in [2.75, 3.05) is 17.8 Å². The second-order valence-electron chi connectivity index (χ2n) is 2.67. The molecule has 16 heavy (non-hydrogen) atoms. The molecular weight excluding hydrogens is 293 g/mol. The molecule has 1 N–H and O–H groups in total. The summed E-state index contributed by atoms with van der Waals surface area (Å²) in [6, 6.07) is 7.25. The van der Waals surface area contributed by atoms with Crippen LogP contribution in [-0.2, 0) is 4.74 Å². The SMILES string of the molecule is O=C(Nc1ccccc1Br)OCC#CCCl. The van der Waals surface area contributed by atoms with E-state index in [0.717, 1.165) is 4.47 Å². The number of benzene rings is 1. The molecule has 1 aromatic rings. The first-order chi connectivity index (χ1) is 7.74. The van der Waals surface area contributed by atoms with Crippen LogP contribution in [0.5, 0.6) is 0 Å². The highest BCUT2D eigenvalue weighted by Gasteiger charge is 2.04. The van der Waals surface area contributed by atoms with E-state index in [2.05, 4.69) is 33.1 Å². The minimum Gasteiger partial charge on any atom is -0.436 e. The van der Waals surface area contributed by atoms with Gasteiger partial charge in [-0.05, 0) is 28.1 Å². The lowest BCUT2D eigenvalue weighted by atomic mass is 10.3. The van der Waals surface area contributed by atoms with Crippen LogP contribution in [0.4, 0.5) is 10.5 Å². The van der Waals surface area contributed by atoms with Gasteiger partial charge in [-0.1, -0.05) is 24.0 Å². The summed E-state index contributed by atoms with van der Waals surface area (Å²) in [5.74, 6) is 5.40. The number of rotatable bonds is 2. The van der Waals surface area contributed by atoms with Gasteiger partial charge >= 0.3 is 6.09 Å². The fourth-order valence-electron chi connectivity index (χ4n) is 0.909. The van der Waals surface area contributed by atoms with Crippen LogP contribution in [0.3, 0.4) is 0 Å². The van der Waals surface area contributed by atoms with Crippen LogP contribution < -0.4 is 5.32 Å². The van der Waals surface area contributed by atoms with Crippen LogP contribution in [0.2, 0.25) is 0 Å². The molecule has 0 heterocycles. The van der Waals surface area contributed by atoms with Gasteiger partial charge in [0.05, 0.1) is 11.6 Å². The Morgan fingerprint density at radius 1 is 1.44 bits per heavy atom. The number of carbonyl (C=O) groups excluding carboxylic acids is 1. The fourth-order valence-corrected chi connectivity index (χ4v) is 1.39. The van der Waals surface area contributed by atoms with Crippen molar-refractivity contribution in [2.24, 2.45) is 0 Å². The smallest absolute Gasteiger partial charge is 0.412 e. The van der Waals surface area contributed by atoms with Crippen LogP contribution in [0.15, 0.2) is 28.7 Å². The van der Waals surface area contributed by atoms with Crippen molar-refractivity contribution in [1.29, 1.82) is 0 Å². The molecule has 84 valence electrons. The highest BCUT2D eigenvalue weighted by atomic mass is 79.9. The summed E-state index contributed by atoms with van der Waals surface area (Å²) in [7, 11) is 0. The molecule has 0 aliphatic heterocycles. The van der Waals surface area contributed by atoms with Gasteiger partial charge in [0, 0.05) is 4.47 Å². The van der Waals surface area contributed by atoms with E-state index >= 15 is 0 Å². The van der Waals surface area contributed by atoms with Gasteiger partial charge < -0.3 is 4.74 Å². The van der Waals surface area contributed by atoms with E-state index in [0.29, 0.717) is 5.69 Å². The van der Waals surface area contributed by atoms with E-state index in [-0.39, 0.29) is 12.5 Å². The number of carbonyl (C=O) groups is 1. The fraction of sp³-hybridized carbons (Fsp3) is 0.182. The van der Waals surface area contributed by atoms with Crippen molar-refractivity contribution in [1.82, 2.24) is 0 Å². The monoisotopic (exact) mass is 301 g/mol. The summed E-state index contributed by atoms with van der Waals surface area (Å²) in [5, 5.41) is 2.58. The number of para-hydroxylation sites is 1. The Kier molecular flexibility index (Phi) is 5.76. The second kappa shape index (κ2) is 7.15. The van der Waals surface area contributed by atoms with E-state index in [1.54, 1.807) is 6.07 Å². The molecule has 0 saturated carbocycles. The largest absolute Gasteiger partial charge is 0.436 e. The first-order valence-corrected chi connectivity index (χ1v) is 5.77. The number of halogens is 2. The number of amides is 1. The van der Waals surface area contributed by atoms with E-state index < -0.39 is 6.09 Å². The Balaban J connectivity index is 2.43. The van der Waals surface area contributed by atoms with Crippen LogP contribution >= 0.6 is 27.5 Å². The summed E-state index contributed by atoms with van der Waals surface area (Å²) in [5.41, 5.74) is 0.651. The van der Waals surface area contributed by atoms with E-state index in [1.165, 1.54) is 0 Å². The molecule has 0 atom stereocenters. The minimum atomic E-state index is -0.546. The van der Waals surface area contributed by atoms with Crippen LogP contribution in [0.25, 0.3) is 0 Å². The summed E-state index contributed by atoms with van der Waals surface area (Å²) in [6.45, 7) is 0.0308. The summed E-state index contributed by atoms with van der Waals surface area (Å²) >= 11 is 8.63. The van der Waals surface area contributed by atoms with Crippen LogP contribution in [0.1, 0.15) is 0 Å². The number of nitrogens with one attached hydrogen (secondary N) is 1. The van der Waals surface area contributed by atoms with Crippen molar-refractivity contribution >= 4 is 39.3 Å². The van der Waals surface area contributed by atoms with Gasteiger partial charge in [0.25, 0.3) is 0 Å². The first kappa shape index (κ1) is 12.9. The number of alkyl halides is 1. The molecule has 1 aromatic carbocycles. The van der Waals surface area contributed by atoms with Crippen molar-refractivity contribution in [3.63, 3.8) is 0 Å². The van der Waals surface area contributed by atoms with Gasteiger partial charge in [0.2, 0.25) is 0 Å². The van der Waals surface area contributed by atoms with E-state index in [1.807, 2.05) is 18.2 Å². The topological polar surface area (TPSA) is 38.3 Å². The van der Waals surface area contributed by atoms with Crippen LogP contribution in [0, 0.1) is 11.8 Å². The Morgan fingerprint density at radius 3 is 2.88 bits per heavy atom. The zero-order valence-electron chi connectivity index (χ0n) is 8.30. The Hall–Kier alpha value is -1.18. The molecule has 1 amide bonds. The molecule has 0 spiro atoms. The van der Waals surface area contributed by atoms with Crippen molar-refractivity contribution < 1.29 is 9.53 Å². The first-order valence-electron chi connectivity index (χ1n) is 4.44. The molecule has 3 nitrogen and oxygen atoms in total. The summed E-state index contributed by atoms with van der Waals surface area (Å²) < 4.78 is 5.59. The second-order valence-corrected chi connectivity index (χ2v) is 3.79. The van der Waals surface area contributed by atoms with Gasteiger partial charge in [0.15, 0.2) is 6.61 Å². The molecule has 1 rings (SSSR count). The van der Waals surface area contributed by atoms with Gasteiger partial charge in [-0.2, -0.15) is 0 Å². The van der Waals surface area contributed by atoms with Gasteiger partial charge in [0.1, 0.15) is 0 Å². The molecular formula is C11H9BrClNO2. The molecule has 5 heteroatoms. The Labute approximate surface area is 107 Å².